The molecule has 5 N–H and O–H groups in total. The van der Waals surface area contributed by atoms with E-state index in [0.717, 1.165) is 5.75 Å². The Kier molecular flexibility index (Phi) is 4.05. The Morgan fingerprint density at radius 1 is 1.63 bits per heavy atom. The van der Waals surface area contributed by atoms with E-state index in [1.807, 2.05) is 6.26 Å². The number of nitrogens with two attached hydrogens (primary N) is 1. The molecule has 19 heavy (non-hydrogen) atoms. The molecule has 1 unspecified atom stereocenters. The van der Waals surface area contributed by atoms with Gasteiger partial charge in [0.2, 0.25) is 5.95 Å². The van der Waals surface area contributed by atoms with Crippen LogP contribution in [0.2, 0.25) is 0 Å². The Hall–Kier alpha value is -2.03. The number of hydrogen-bond acceptors (Lipinski definition) is 7. The van der Waals surface area contributed by atoms with Crippen LogP contribution in [0.3, 0.4) is 0 Å². The SMILES string of the molecule is CSCCC(Nc1nc(N)nc2nc[nH]c12)C(=O)O. The van der Waals surface area contributed by atoms with Gasteiger partial charge in [0.05, 0.1) is 6.33 Å². The number of fused-ring (bicyclic) bond motifs is 1. The van der Waals surface area contributed by atoms with E-state index in [2.05, 4.69) is 25.3 Å². The van der Waals surface area contributed by atoms with Gasteiger partial charge in [-0.25, -0.2) is 9.78 Å². The maximum absolute atomic E-state index is 11.2. The number of H-pyrrole nitrogens is 1. The maximum atomic E-state index is 11.2. The van der Waals surface area contributed by atoms with Crippen molar-refractivity contribution in [2.24, 2.45) is 0 Å². The predicted molar refractivity (Wildman–Crippen MR) is 74.1 cm³/mol. The molecule has 0 saturated carbocycles. The lowest BCUT2D eigenvalue weighted by Crippen LogP contribution is -2.30. The van der Waals surface area contributed by atoms with E-state index in [0.29, 0.717) is 23.4 Å². The molecule has 1 atom stereocenters. The molecular formula is C10H14N6O2S. The Labute approximate surface area is 113 Å². The second kappa shape index (κ2) is 5.74. The zero-order chi connectivity index (χ0) is 13.8. The van der Waals surface area contributed by atoms with Crippen LogP contribution >= 0.6 is 11.8 Å². The summed E-state index contributed by atoms with van der Waals surface area (Å²) in [5.41, 5.74) is 6.52. The van der Waals surface area contributed by atoms with Crippen molar-refractivity contribution in [1.82, 2.24) is 19.9 Å². The van der Waals surface area contributed by atoms with Crippen LogP contribution in [0.25, 0.3) is 11.2 Å². The molecule has 0 fully saturated rings. The van der Waals surface area contributed by atoms with E-state index in [1.165, 1.54) is 6.33 Å². The van der Waals surface area contributed by atoms with Crippen molar-refractivity contribution >= 4 is 40.7 Å². The quantitative estimate of drug-likeness (QED) is 0.604. The topological polar surface area (TPSA) is 130 Å². The van der Waals surface area contributed by atoms with Gasteiger partial charge in [-0.05, 0) is 18.4 Å². The van der Waals surface area contributed by atoms with Crippen LogP contribution in [0.4, 0.5) is 11.8 Å². The van der Waals surface area contributed by atoms with Gasteiger partial charge in [-0.1, -0.05) is 0 Å². The van der Waals surface area contributed by atoms with E-state index in [1.54, 1.807) is 11.8 Å². The van der Waals surface area contributed by atoms with E-state index in [-0.39, 0.29) is 5.95 Å². The monoisotopic (exact) mass is 282 g/mol. The van der Waals surface area contributed by atoms with Crippen LogP contribution in [0.5, 0.6) is 0 Å². The summed E-state index contributed by atoms with van der Waals surface area (Å²) >= 11 is 1.59. The molecule has 2 aromatic rings. The second-order valence-corrected chi connectivity index (χ2v) is 4.83. The average molecular weight is 282 g/mol. The zero-order valence-electron chi connectivity index (χ0n) is 10.3. The number of carboxylic acids is 1. The zero-order valence-corrected chi connectivity index (χ0v) is 11.1. The van der Waals surface area contributed by atoms with Crippen LogP contribution in [0.15, 0.2) is 6.33 Å². The Balaban J connectivity index is 2.27. The number of rotatable bonds is 6. The van der Waals surface area contributed by atoms with E-state index in [9.17, 15) is 9.90 Å². The van der Waals surface area contributed by atoms with Crippen molar-refractivity contribution in [1.29, 1.82) is 0 Å². The average Bonchev–Trinajstić information content (AvgIpc) is 2.81. The number of hydrogen-bond donors (Lipinski definition) is 4. The fourth-order valence-corrected chi connectivity index (χ4v) is 2.08. The lowest BCUT2D eigenvalue weighted by molar-refractivity contribution is -0.137. The predicted octanol–water partition coefficient (Wildman–Crippen LogP) is 0.553. The number of aliphatic carboxylic acids is 1. The number of anilines is 2. The standard InChI is InChI=1S/C10H14N6O2S/c1-19-3-2-5(9(17)18)14-8-6-7(13-4-12-6)15-10(11)16-8/h4-5H,2-3H2,1H3,(H,17,18)(H4,11,12,13,14,15,16). The molecule has 0 spiro atoms. The number of nitrogens with one attached hydrogen (secondary N) is 2. The lowest BCUT2D eigenvalue weighted by Gasteiger charge is -2.14. The number of carboxylic acid groups (broad SMARTS) is 1. The van der Waals surface area contributed by atoms with Crippen molar-refractivity contribution < 1.29 is 9.90 Å². The minimum absolute atomic E-state index is 0.0519. The molecular weight excluding hydrogens is 268 g/mol. The minimum Gasteiger partial charge on any atom is -0.480 e. The third kappa shape index (κ3) is 3.05. The van der Waals surface area contributed by atoms with E-state index in [4.69, 9.17) is 5.73 Å². The highest BCUT2D eigenvalue weighted by Gasteiger charge is 2.19. The van der Waals surface area contributed by atoms with Crippen LogP contribution < -0.4 is 11.1 Å². The smallest absolute Gasteiger partial charge is 0.326 e. The number of carbonyl (C=O) groups is 1. The lowest BCUT2D eigenvalue weighted by atomic mass is 10.2. The van der Waals surface area contributed by atoms with Gasteiger partial charge < -0.3 is 21.1 Å². The highest BCUT2D eigenvalue weighted by Crippen LogP contribution is 2.19. The fraction of sp³-hybridized carbons (Fsp3) is 0.400. The van der Waals surface area contributed by atoms with Crippen molar-refractivity contribution in [3.63, 3.8) is 0 Å². The van der Waals surface area contributed by atoms with Crippen LogP contribution in [0.1, 0.15) is 6.42 Å². The van der Waals surface area contributed by atoms with Crippen molar-refractivity contribution in [3.8, 4) is 0 Å². The van der Waals surface area contributed by atoms with Crippen LogP contribution in [-0.2, 0) is 4.79 Å². The molecule has 0 aliphatic carbocycles. The Morgan fingerprint density at radius 3 is 3.11 bits per heavy atom. The highest BCUT2D eigenvalue weighted by atomic mass is 32.2. The molecule has 2 aromatic heterocycles. The molecule has 9 heteroatoms. The summed E-state index contributed by atoms with van der Waals surface area (Å²) in [7, 11) is 0. The van der Waals surface area contributed by atoms with Crippen molar-refractivity contribution in [3.05, 3.63) is 6.33 Å². The van der Waals surface area contributed by atoms with Gasteiger partial charge in [0.25, 0.3) is 0 Å². The summed E-state index contributed by atoms with van der Waals surface area (Å²) in [6.07, 6.45) is 3.87. The molecule has 102 valence electrons. The van der Waals surface area contributed by atoms with Gasteiger partial charge >= 0.3 is 5.97 Å². The molecule has 0 aliphatic heterocycles. The summed E-state index contributed by atoms with van der Waals surface area (Å²) in [5.74, 6) is 0.208. The summed E-state index contributed by atoms with van der Waals surface area (Å²) < 4.78 is 0. The van der Waals surface area contributed by atoms with Gasteiger partial charge in [-0.3, -0.25) is 0 Å². The van der Waals surface area contributed by atoms with Crippen molar-refractivity contribution in [2.75, 3.05) is 23.1 Å². The molecule has 2 rings (SSSR count). The van der Waals surface area contributed by atoms with E-state index >= 15 is 0 Å². The number of nitrogen functional groups attached to an aromatic ring is 1. The Morgan fingerprint density at radius 2 is 2.42 bits per heavy atom. The van der Waals surface area contributed by atoms with Crippen molar-refractivity contribution in [2.45, 2.75) is 12.5 Å². The number of imidazole rings is 1. The summed E-state index contributed by atoms with van der Waals surface area (Å²) in [6.45, 7) is 0. The summed E-state index contributed by atoms with van der Waals surface area (Å²) in [6, 6.07) is -0.728. The molecule has 0 amide bonds. The Bertz CT molecular complexity index is 586. The molecule has 0 aromatic carbocycles. The van der Waals surface area contributed by atoms with Gasteiger partial charge in [0.15, 0.2) is 11.5 Å². The van der Waals surface area contributed by atoms with E-state index < -0.39 is 12.0 Å². The number of nitrogens with zero attached hydrogens (tertiary/aromatic N) is 3. The first-order valence-corrected chi connectivity index (χ1v) is 6.96. The molecule has 0 bridgehead atoms. The van der Waals surface area contributed by atoms with Gasteiger partial charge in [0, 0.05) is 0 Å². The van der Waals surface area contributed by atoms with Gasteiger partial charge in [-0.2, -0.15) is 21.7 Å². The van der Waals surface area contributed by atoms with Gasteiger partial charge in [0.1, 0.15) is 11.6 Å². The molecule has 2 heterocycles. The minimum atomic E-state index is -0.932. The largest absolute Gasteiger partial charge is 0.480 e. The highest BCUT2D eigenvalue weighted by molar-refractivity contribution is 7.98. The first-order valence-electron chi connectivity index (χ1n) is 5.56. The number of aromatic nitrogens is 4. The third-order valence-electron chi connectivity index (χ3n) is 2.52. The number of aromatic amines is 1. The molecule has 0 aliphatic rings. The summed E-state index contributed by atoms with van der Waals surface area (Å²) in [4.78, 5) is 26.0. The first kappa shape index (κ1) is 13.4. The molecule has 0 radical (unpaired) electrons. The first-order chi connectivity index (χ1) is 9.11. The second-order valence-electron chi connectivity index (χ2n) is 3.85. The summed E-state index contributed by atoms with van der Waals surface area (Å²) in [5, 5.41) is 12.0. The maximum Gasteiger partial charge on any atom is 0.326 e. The van der Waals surface area contributed by atoms with Gasteiger partial charge in [-0.15, -0.1) is 0 Å². The normalized spacial score (nSPS) is 12.5. The third-order valence-corrected chi connectivity index (χ3v) is 3.17. The number of thioether (sulfide) groups is 1. The van der Waals surface area contributed by atoms with Crippen LogP contribution in [0, 0.1) is 0 Å². The van der Waals surface area contributed by atoms with Crippen LogP contribution in [-0.4, -0.2) is 49.1 Å². The molecule has 0 saturated heterocycles. The fourth-order valence-electron chi connectivity index (χ4n) is 1.61. The molecule has 8 nitrogen and oxygen atoms in total.